The van der Waals surface area contributed by atoms with Crippen LogP contribution in [-0.4, -0.2) is 57.7 Å². The zero-order valence-electron chi connectivity index (χ0n) is 14.7. The van der Waals surface area contributed by atoms with Crippen molar-refractivity contribution in [2.75, 3.05) is 39.5 Å². The molecular weight excluding hydrogens is 308 g/mol. The largest absolute Gasteiger partial charge is 0.303 e. The average Bonchev–Trinajstić information content (AvgIpc) is 2.54. The Bertz CT molecular complexity index is 578. The molecule has 1 aromatic rings. The van der Waals surface area contributed by atoms with E-state index in [4.69, 9.17) is 0 Å². The van der Waals surface area contributed by atoms with Gasteiger partial charge in [0.2, 0.25) is 0 Å². The fourth-order valence-corrected chi connectivity index (χ4v) is 3.80. The quantitative estimate of drug-likeness (QED) is 0.766. The Balaban J connectivity index is 1.82. The summed E-state index contributed by atoms with van der Waals surface area (Å²) in [5.41, 5.74) is 1.16. The third-order valence-electron chi connectivity index (χ3n) is 4.89. The predicted molar refractivity (Wildman–Crippen MR) is 95.5 cm³/mol. The second kappa shape index (κ2) is 8.27. The van der Waals surface area contributed by atoms with E-state index in [1.165, 1.54) is 51.6 Å². The maximum atomic E-state index is 11.5. The van der Waals surface area contributed by atoms with E-state index < -0.39 is 9.84 Å². The highest BCUT2D eigenvalue weighted by Gasteiger charge is 2.14. The van der Waals surface area contributed by atoms with Gasteiger partial charge in [0.15, 0.2) is 9.84 Å². The second-order valence-corrected chi connectivity index (χ2v) is 8.77. The molecule has 0 aliphatic carbocycles. The molecule has 23 heavy (non-hydrogen) atoms. The standard InChI is InChI=1S/C18H30N2O2S/c1-16(17-8-10-18(11-9-17)23(3,21)22)19(2)12-7-15-20-13-5-4-6-14-20/h8-11,16H,4-7,12-15H2,1-3H3/t16-/m1/s1. The molecule has 0 spiro atoms. The molecule has 130 valence electrons. The Morgan fingerprint density at radius 2 is 1.74 bits per heavy atom. The van der Waals surface area contributed by atoms with Crippen LogP contribution in [0.5, 0.6) is 0 Å². The van der Waals surface area contributed by atoms with Crippen molar-refractivity contribution in [3.05, 3.63) is 29.8 Å². The predicted octanol–water partition coefficient (Wildman–Crippen LogP) is 2.96. The summed E-state index contributed by atoms with van der Waals surface area (Å²) in [4.78, 5) is 5.31. The van der Waals surface area contributed by atoms with E-state index in [-0.39, 0.29) is 0 Å². The summed E-state index contributed by atoms with van der Waals surface area (Å²) in [6.45, 7) is 6.93. The van der Waals surface area contributed by atoms with E-state index in [2.05, 4.69) is 23.8 Å². The molecule has 1 aromatic carbocycles. The molecule has 0 amide bonds. The van der Waals surface area contributed by atoms with Crippen LogP contribution in [0.3, 0.4) is 0 Å². The number of rotatable bonds is 7. The van der Waals surface area contributed by atoms with Crippen LogP contribution < -0.4 is 0 Å². The SMILES string of the molecule is C[C@H](c1ccc(S(C)(=O)=O)cc1)N(C)CCCN1CCCCC1. The molecule has 1 aliphatic heterocycles. The van der Waals surface area contributed by atoms with Crippen molar-refractivity contribution in [2.45, 2.75) is 43.5 Å². The van der Waals surface area contributed by atoms with Crippen molar-refractivity contribution < 1.29 is 8.42 Å². The number of hydrogen-bond donors (Lipinski definition) is 0. The zero-order valence-corrected chi connectivity index (χ0v) is 15.5. The van der Waals surface area contributed by atoms with Gasteiger partial charge in [0.05, 0.1) is 4.90 Å². The van der Waals surface area contributed by atoms with Crippen LogP contribution in [0.15, 0.2) is 29.2 Å². The topological polar surface area (TPSA) is 40.6 Å². The van der Waals surface area contributed by atoms with Crippen molar-refractivity contribution in [2.24, 2.45) is 0 Å². The molecule has 0 aromatic heterocycles. The van der Waals surface area contributed by atoms with Gasteiger partial charge in [-0.25, -0.2) is 8.42 Å². The maximum absolute atomic E-state index is 11.5. The molecular formula is C18H30N2O2S. The van der Waals surface area contributed by atoms with Crippen LogP contribution in [0.25, 0.3) is 0 Å². The van der Waals surface area contributed by atoms with Crippen molar-refractivity contribution in [1.82, 2.24) is 9.80 Å². The minimum absolute atomic E-state index is 0.296. The van der Waals surface area contributed by atoms with Gasteiger partial charge in [-0.05, 0) is 77.1 Å². The third-order valence-corrected chi connectivity index (χ3v) is 6.01. The van der Waals surface area contributed by atoms with Gasteiger partial charge in [0.1, 0.15) is 0 Å². The number of piperidine rings is 1. The first-order valence-corrected chi connectivity index (χ1v) is 10.5. The molecule has 5 heteroatoms. The highest BCUT2D eigenvalue weighted by atomic mass is 32.2. The van der Waals surface area contributed by atoms with E-state index in [0.717, 1.165) is 12.1 Å². The van der Waals surface area contributed by atoms with Gasteiger partial charge < -0.3 is 4.90 Å². The minimum Gasteiger partial charge on any atom is -0.303 e. The van der Waals surface area contributed by atoms with Crippen LogP contribution in [0.4, 0.5) is 0 Å². The smallest absolute Gasteiger partial charge is 0.175 e. The summed E-state index contributed by atoms with van der Waals surface area (Å²) < 4.78 is 23.0. The molecule has 1 aliphatic rings. The van der Waals surface area contributed by atoms with E-state index in [1.807, 2.05) is 12.1 Å². The van der Waals surface area contributed by atoms with Gasteiger partial charge in [0, 0.05) is 12.3 Å². The van der Waals surface area contributed by atoms with Crippen LogP contribution in [0.1, 0.15) is 44.2 Å². The number of hydrogen-bond acceptors (Lipinski definition) is 4. The number of nitrogens with zero attached hydrogens (tertiary/aromatic N) is 2. The number of benzene rings is 1. The molecule has 1 heterocycles. The Morgan fingerprint density at radius 3 is 2.30 bits per heavy atom. The molecule has 4 nitrogen and oxygen atoms in total. The highest BCUT2D eigenvalue weighted by Crippen LogP contribution is 2.21. The van der Waals surface area contributed by atoms with Crippen molar-refractivity contribution in [3.8, 4) is 0 Å². The molecule has 0 saturated carbocycles. The third kappa shape index (κ3) is 5.59. The fourth-order valence-electron chi connectivity index (χ4n) is 3.17. The second-order valence-electron chi connectivity index (χ2n) is 6.75. The van der Waals surface area contributed by atoms with Gasteiger partial charge in [0.25, 0.3) is 0 Å². The minimum atomic E-state index is -3.11. The fraction of sp³-hybridized carbons (Fsp3) is 0.667. The average molecular weight is 339 g/mol. The summed E-state index contributed by atoms with van der Waals surface area (Å²) in [5.74, 6) is 0. The van der Waals surface area contributed by atoms with E-state index >= 15 is 0 Å². The summed E-state index contributed by atoms with van der Waals surface area (Å²) >= 11 is 0. The van der Waals surface area contributed by atoms with Crippen LogP contribution in [0, 0.1) is 0 Å². The molecule has 0 radical (unpaired) electrons. The van der Waals surface area contributed by atoms with E-state index in [1.54, 1.807) is 12.1 Å². The monoisotopic (exact) mass is 338 g/mol. The molecule has 1 atom stereocenters. The van der Waals surface area contributed by atoms with Gasteiger partial charge in [-0.3, -0.25) is 4.90 Å². The Morgan fingerprint density at radius 1 is 1.13 bits per heavy atom. The number of likely N-dealkylation sites (tertiary alicyclic amines) is 1. The van der Waals surface area contributed by atoms with E-state index in [9.17, 15) is 8.42 Å². The highest BCUT2D eigenvalue weighted by molar-refractivity contribution is 7.90. The summed E-state index contributed by atoms with van der Waals surface area (Å²) in [5, 5.41) is 0. The van der Waals surface area contributed by atoms with Crippen LogP contribution >= 0.6 is 0 Å². The molecule has 0 N–H and O–H groups in total. The molecule has 0 unspecified atom stereocenters. The number of sulfone groups is 1. The maximum Gasteiger partial charge on any atom is 0.175 e. The summed E-state index contributed by atoms with van der Waals surface area (Å²) in [7, 11) is -0.967. The van der Waals surface area contributed by atoms with Gasteiger partial charge in [-0.1, -0.05) is 18.6 Å². The first-order chi connectivity index (χ1) is 10.9. The molecule has 1 fully saturated rings. The first-order valence-electron chi connectivity index (χ1n) is 8.60. The van der Waals surface area contributed by atoms with Crippen molar-refractivity contribution >= 4 is 9.84 Å². The van der Waals surface area contributed by atoms with Crippen molar-refractivity contribution in [3.63, 3.8) is 0 Å². The zero-order chi connectivity index (χ0) is 16.9. The first kappa shape index (κ1) is 18.4. The normalized spacial score (nSPS) is 18.3. The van der Waals surface area contributed by atoms with Gasteiger partial charge >= 0.3 is 0 Å². The van der Waals surface area contributed by atoms with Gasteiger partial charge in [-0.15, -0.1) is 0 Å². The molecule has 0 bridgehead atoms. The lowest BCUT2D eigenvalue weighted by Crippen LogP contribution is -2.33. The Kier molecular flexibility index (Phi) is 6.62. The summed E-state index contributed by atoms with van der Waals surface area (Å²) in [6.07, 6.45) is 6.51. The Labute approximate surface area is 141 Å². The lowest BCUT2D eigenvalue weighted by molar-refractivity contribution is 0.198. The molecule has 1 saturated heterocycles. The van der Waals surface area contributed by atoms with Gasteiger partial charge in [-0.2, -0.15) is 0 Å². The lowest BCUT2D eigenvalue weighted by atomic mass is 10.1. The van der Waals surface area contributed by atoms with Crippen molar-refractivity contribution in [1.29, 1.82) is 0 Å². The van der Waals surface area contributed by atoms with Crippen LogP contribution in [0.2, 0.25) is 0 Å². The molecule has 2 rings (SSSR count). The van der Waals surface area contributed by atoms with E-state index in [0.29, 0.717) is 10.9 Å². The van der Waals surface area contributed by atoms with Crippen LogP contribution in [-0.2, 0) is 9.84 Å². The Hall–Kier alpha value is -0.910. The lowest BCUT2D eigenvalue weighted by Gasteiger charge is -2.29. The summed E-state index contributed by atoms with van der Waals surface area (Å²) in [6, 6.07) is 7.58.